The highest BCUT2D eigenvalue weighted by atomic mass is 35.5. The Labute approximate surface area is 110 Å². The smallest absolute Gasteiger partial charge is 0.0473 e. The first-order chi connectivity index (χ1) is 6.79. The highest BCUT2D eigenvalue weighted by Crippen LogP contribution is 2.19. The van der Waals surface area contributed by atoms with Crippen LogP contribution in [0.3, 0.4) is 0 Å². The lowest BCUT2D eigenvalue weighted by molar-refractivity contribution is 0.180. The first kappa shape index (κ1) is 15.8. The number of nitrogens with one attached hydrogen (secondary N) is 1. The summed E-state index contributed by atoms with van der Waals surface area (Å²) in [6.07, 6.45) is 2.12. The van der Waals surface area contributed by atoms with Gasteiger partial charge in [-0.05, 0) is 19.1 Å². The lowest BCUT2D eigenvalue weighted by Gasteiger charge is -2.33. The van der Waals surface area contributed by atoms with Gasteiger partial charge in [-0.1, -0.05) is 0 Å². The normalized spacial score (nSPS) is 18.4. The molecule has 0 spiro atoms. The van der Waals surface area contributed by atoms with Crippen molar-refractivity contribution in [1.29, 1.82) is 0 Å². The minimum absolute atomic E-state index is 0. The molecule has 3 nitrogen and oxygen atoms in total. The minimum atomic E-state index is 0. The summed E-state index contributed by atoms with van der Waals surface area (Å²) < 4.78 is 2.21. The lowest BCUT2D eigenvalue weighted by Crippen LogP contribution is -2.44. The second-order valence-electron chi connectivity index (χ2n) is 4.01. The Bertz CT molecular complexity index is 295. The fourth-order valence-electron chi connectivity index (χ4n) is 2.16. The van der Waals surface area contributed by atoms with Crippen molar-refractivity contribution in [1.82, 2.24) is 14.8 Å². The van der Waals surface area contributed by atoms with Crippen LogP contribution in [0.1, 0.15) is 18.7 Å². The van der Waals surface area contributed by atoms with Crippen LogP contribution in [0.25, 0.3) is 0 Å². The van der Waals surface area contributed by atoms with Gasteiger partial charge in [0.1, 0.15) is 0 Å². The van der Waals surface area contributed by atoms with Gasteiger partial charge in [-0.15, -0.1) is 24.8 Å². The molecule has 0 aromatic carbocycles. The van der Waals surface area contributed by atoms with Crippen LogP contribution in [-0.4, -0.2) is 35.6 Å². The largest absolute Gasteiger partial charge is 0.353 e. The molecule has 94 valence electrons. The molecule has 1 saturated heterocycles. The second-order valence-corrected chi connectivity index (χ2v) is 4.01. The van der Waals surface area contributed by atoms with Crippen LogP contribution in [0.5, 0.6) is 0 Å². The second kappa shape index (κ2) is 7.17. The highest BCUT2D eigenvalue weighted by Gasteiger charge is 2.18. The average Bonchev–Trinajstić information content (AvgIpc) is 2.65. The quantitative estimate of drug-likeness (QED) is 0.881. The van der Waals surface area contributed by atoms with Crippen LogP contribution in [0.4, 0.5) is 0 Å². The molecule has 0 bridgehead atoms. The maximum Gasteiger partial charge on any atom is 0.0473 e. The van der Waals surface area contributed by atoms with Crippen LogP contribution in [0.15, 0.2) is 18.3 Å². The third-order valence-corrected chi connectivity index (χ3v) is 3.11. The third kappa shape index (κ3) is 3.39. The van der Waals surface area contributed by atoms with Gasteiger partial charge >= 0.3 is 0 Å². The summed E-state index contributed by atoms with van der Waals surface area (Å²) in [6, 6.07) is 4.87. The standard InChI is InChI=1S/C11H19N3.2ClH/c1-10(11-4-3-7-13(11)2)14-8-5-12-6-9-14;;/h3-4,7,10,12H,5-6,8-9H2,1-2H3;2*1H/t10-;;/m1../s1. The van der Waals surface area contributed by atoms with Gasteiger partial charge in [0.25, 0.3) is 0 Å². The van der Waals surface area contributed by atoms with Crippen molar-refractivity contribution >= 4 is 24.8 Å². The van der Waals surface area contributed by atoms with Gasteiger partial charge in [0.2, 0.25) is 0 Å². The van der Waals surface area contributed by atoms with Gasteiger partial charge in [0.15, 0.2) is 0 Å². The zero-order valence-electron chi connectivity index (χ0n) is 9.85. The van der Waals surface area contributed by atoms with Crippen LogP contribution >= 0.6 is 24.8 Å². The molecule has 1 aromatic heterocycles. The third-order valence-electron chi connectivity index (χ3n) is 3.11. The van der Waals surface area contributed by atoms with Gasteiger partial charge in [-0.25, -0.2) is 0 Å². The molecule has 0 radical (unpaired) electrons. The van der Waals surface area contributed by atoms with Crippen molar-refractivity contribution in [3.8, 4) is 0 Å². The molecule has 0 saturated carbocycles. The van der Waals surface area contributed by atoms with E-state index in [1.165, 1.54) is 5.69 Å². The molecule has 2 heterocycles. The fraction of sp³-hybridized carbons (Fsp3) is 0.636. The van der Waals surface area contributed by atoms with E-state index in [0.717, 1.165) is 26.2 Å². The van der Waals surface area contributed by atoms with Gasteiger partial charge in [-0.2, -0.15) is 0 Å². The number of nitrogens with zero attached hydrogens (tertiary/aromatic N) is 2. The Morgan fingerprint density at radius 2 is 1.88 bits per heavy atom. The van der Waals surface area contributed by atoms with Crippen molar-refractivity contribution in [2.45, 2.75) is 13.0 Å². The molecule has 0 amide bonds. The summed E-state index contributed by atoms with van der Waals surface area (Å²) in [5, 5.41) is 3.38. The number of hydrogen-bond acceptors (Lipinski definition) is 2. The highest BCUT2D eigenvalue weighted by molar-refractivity contribution is 5.85. The van der Waals surface area contributed by atoms with E-state index in [1.807, 2.05) is 0 Å². The molecule has 0 unspecified atom stereocenters. The number of aryl methyl sites for hydroxylation is 1. The number of piperazine rings is 1. The molecule has 16 heavy (non-hydrogen) atoms. The van der Waals surface area contributed by atoms with Crippen molar-refractivity contribution < 1.29 is 0 Å². The van der Waals surface area contributed by atoms with Gasteiger partial charge in [-0.3, -0.25) is 4.90 Å². The Kier molecular flexibility index (Phi) is 7.07. The zero-order chi connectivity index (χ0) is 9.97. The Morgan fingerprint density at radius 1 is 1.25 bits per heavy atom. The van der Waals surface area contributed by atoms with E-state index in [4.69, 9.17) is 0 Å². The molecule has 0 aliphatic carbocycles. The maximum absolute atomic E-state index is 3.38. The van der Waals surface area contributed by atoms with Crippen molar-refractivity contribution in [2.24, 2.45) is 7.05 Å². The summed E-state index contributed by atoms with van der Waals surface area (Å²) >= 11 is 0. The van der Waals surface area contributed by atoms with Gasteiger partial charge in [0.05, 0.1) is 0 Å². The van der Waals surface area contributed by atoms with Crippen molar-refractivity contribution in [3.05, 3.63) is 24.0 Å². The van der Waals surface area contributed by atoms with Crippen LogP contribution < -0.4 is 5.32 Å². The molecule has 1 atom stereocenters. The molecular weight excluding hydrogens is 245 g/mol. The number of aromatic nitrogens is 1. The summed E-state index contributed by atoms with van der Waals surface area (Å²) in [5.41, 5.74) is 1.41. The topological polar surface area (TPSA) is 20.2 Å². The SMILES string of the molecule is C[C@H](c1cccn1C)N1CCNCC1.Cl.Cl. The van der Waals surface area contributed by atoms with E-state index in [2.05, 4.69) is 47.1 Å². The molecule has 1 fully saturated rings. The maximum atomic E-state index is 3.38. The fourth-order valence-corrected chi connectivity index (χ4v) is 2.16. The van der Waals surface area contributed by atoms with Crippen LogP contribution in [0.2, 0.25) is 0 Å². The molecule has 1 N–H and O–H groups in total. The molecule has 1 aromatic rings. The number of rotatable bonds is 2. The first-order valence-corrected chi connectivity index (χ1v) is 5.35. The van der Waals surface area contributed by atoms with Crippen LogP contribution in [0, 0.1) is 0 Å². The van der Waals surface area contributed by atoms with Gasteiger partial charge < -0.3 is 9.88 Å². The Morgan fingerprint density at radius 3 is 2.38 bits per heavy atom. The Balaban J connectivity index is 0.00000112. The summed E-state index contributed by atoms with van der Waals surface area (Å²) in [4.78, 5) is 2.53. The molecular formula is C11H21Cl2N3. The predicted molar refractivity (Wildman–Crippen MR) is 72.8 cm³/mol. The van der Waals surface area contributed by atoms with E-state index >= 15 is 0 Å². The average molecular weight is 266 g/mol. The molecule has 1 aliphatic rings. The van der Waals surface area contributed by atoms with Crippen molar-refractivity contribution in [2.75, 3.05) is 26.2 Å². The molecule has 2 rings (SSSR count). The Hall–Kier alpha value is -0.220. The predicted octanol–water partition coefficient (Wildman–Crippen LogP) is 1.83. The van der Waals surface area contributed by atoms with Crippen molar-refractivity contribution in [3.63, 3.8) is 0 Å². The van der Waals surface area contributed by atoms with Crippen LogP contribution in [-0.2, 0) is 7.05 Å². The zero-order valence-corrected chi connectivity index (χ0v) is 11.5. The summed E-state index contributed by atoms with van der Waals surface area (Å²) in [7, 11) is 2.12. The van der Waals surface area contributed by atoms with E-state index in [-0.39, 0.29) is 24.8 Å². The van der Waals surface area contributed by atoms with E-state index in [9.17, 15) is 0 Å². The first-order valence-electron chi connectivity index (χ1n) is 5.35. The lowest BCUT2D eigenvalue weighted by atomic mass is 10.2. The monoisotopic (exact) mass is 265 g/mol. The number of hydrogen-bond donors (Lipinski definition) is 1. The summed E-state index contributed by atoms with van der Waals surface area (Å²) in [5.74, 6) is 0. The van der Waals surface area contributed by atoms with E-state index in [1.54, 1.807) is 0 Å². The molecule has 1 aliphatic heterocycles. The molecule has 5 heteroatoms. The van der Waals surface area contributed by atoms with E-state index in [0.29, 0.717) is 6.04 Å². The van der Waals surface area contributed by atoms with Gasteiger partial charge in [0, 0.05) is 51.2 Å². The van der Waals surface area contributed by atoms with E-state index < -0.39 is 0 Å². The summed E-state index contributed by atoms with van der Waals surface area (Å²) in [6.45, 7) is 6.85. The number of halogens is 2. The minimum Gasteiger partial charge on any atom is -0.353 e.